The Hall–Kier alpha value is -1.02. The number of anilines is 1. The van der Waals surface area contributed by atoms with Gasteiger partial charge in [-0.15, -0.1) is 0 Å². The molecule has 0 bridgehead atoms. The third-order valence-electron chi connectivity index (χ3n) is 4.13. The molecule has 0 aromatic heterocycles. The Bertz CT molecular complexity index is 382. The van der Waals surface area contributed by atoms with E-state index in [4.69, 9.17) is 5.73 Å². The van der Waals surface area contributed by atoms with Gasteiger partial charge in [-0.25, -0.2) is 0 Å². The summed E-state index contributed by atoms with van der Waals surface area (Å²) in [6, 6.07) is 7.20. The second-order valence-electron chi connectivity index (χ2n) is 5.23. The molecule has 0 aliphatic heterocycles. The van der Waals surface area contributed by atoms with Gasteiger partial charge in [-0.3, -0.25) is 0 Å². The van der Waals surface area contributed by atoms with Gasteiger partial charge in [0.1, 0.15) is 0 Å². The third kappa shape index (κ3) is 1.82. The van der Waals surface area contributed by atoms with Crippen LogP contribution >= 0.6 is 0 Å². The van der Waals surface area contributed by atoms with Crippen LogP contribution in [0.5, 0.6) is 0 Å². The van der Waals surface area contributed by atoms with Gasteiger partial charge in [0.05, 0.1) is 0 Å². The molecule has 0 amide bonds. The molecular weight excluding hydrogens is 196 g/mol. The zero-order valence-electron chi connectivity index (χ0n) is 9.71. The van der Waals surface area contributed by atoms with Gasteiger partial charge in [-0.1, -0.05) is 12.5 Å². The predicted molar refractivity (Wildman–Crippen MR) is 67.6 cm³/mol. The van der Waals surface area contributed by atoms with Crippen LogP contribution in [-0.2, 0) is 6.42 Å². The average Bonchev–Trinajstić information content (AvgIpc) is 2.59. The van der Waals surface area contributed by atoms with E-state index in [0.717, 1.165) is 18.3 Å². The molecular formula is C14H20N2. The smallest absolute Gasteiger partial charge is 0.0317 e. The average molecular weight is 216 g/mol. The molecule has 16 heavy (non-hydrogen) atoms. The Labute approximate surface area is 97.2 Å². The van der Waals surface area contributed by atoms with Crippen LogP contribution in [0.25, 0.3) is 0 Å². The van der Waals surface area contributed by atoms with Crippen LogP contribution in [0.4, 0.5) is 5.69 Å². The van der Waals surface area contributed by atoms with Gasteiger partial charge in [0.2, 0.25) is 0 Å². The number of nitrogens with one attached hydrogen (secondary N) is 1. The number of nitrogens with two attached hydrogens (primary N) is 1. The van der Waals surface area contributed by atoms with E-state index in [1.165, 1.54) is 43.2 Å². The van der Waals surface area contributed by atoms with E-state index >= 15 is 0 Å². The lowest BCUT2D eigenvalue weighted by Gasteiger charge is -2.28. The van der Waals surface area contributed by atoms with Crippen LogP contribution in [0.3, 0.4) is 0 Å². The second kappa shape index (κ2) is 4.10. The molecule has 1 fully saturated rings. The van der Waals surface area contributed by atoms with Crippen LogP contribution in [0.1, 0.15) is 42.7 Å². The van der Waals surface area contributed by atoms with Crippen molar-refractivity contribution in [3.63, 3.8) is 0 Å². The van der Waals surface area contributed by atoms with Crippen LogP contribution in [0.15, 0.2) is 18.2 Å². The van der Waals surface area contributed by atoms with Gasteiger partial charge in [-0.2, -0.15) is 0 Å². The summed E-state index contributed by atoms with van der Waals surface area (Å²) in [6.45, 7) is 1.14. The summed E-state index contributed by atoms with van der Waals surface area (Å²) in [5.74, 6) is 0.694. The highest BCUT2D eigenvalue weighted by molar-refractivity contribution is 5.48. The van der Waals surface area contributed by atoms with E-state index in [1.54, 1.807) is 0 Å². The van der Waals surface area contributed by atoms with Crippen molar-refractivity contribution in [2.45, 2.75) is 44.1 Å². The quantitative estimate of drug-likeness (QED) is 0.762. The Balaban J connectivity index is 1.67. The minimum atomic E-state index is 0.694. The van der Waals surface area contributed by atoms with Crippen LogP contribution in [0.2, 0.25) is 0 Å². The van der Waals surface area contributed by atoms with E-state index in [0.29, 0.717) is 5.92 Å². The highest BCUT2D eigenvalue weighted by Gasteiger charge is 2.24. The van der Waals surface area contributed by atoms with Gasteiger partial charge in [-0.05, 0) is 54.9 Å². The minimum absolute atomic E-state index is 0.694. The van der Waals surface area contributed by atoms with Gasteiger partial charge >= 0.3 is 0 Å². The topological polar surface area (TPSA) is 38.0 Å². The molecule has 3 rings (SSSR count). The van der Waals surface area contributed by atoms with E-state index in [9.17, 15) is 0 Å². The molecule has 2 heteroatoms. The molecule has 2 aliphatic rings. The van der Waals surface area contributed by atoms with Crippen LogP contribution in [-0.4, -0.2) is 12.6 Å². The molecule has 1 aromatic carbocycles. The lowest BCUT2D eigenvalue weighted by atomic mass is 9.92. The van der Waals surface area contributed by atoms with Gasteiger partial charge in [0.15, 0.2) is 0 Å². The second-order valence-corrected chi connectivity index (χ2v) is 5.23. The van der Waals surface area contributed by atoms with E-state index in [1.807, 2.05) is 6.07 Å². The van der Waals surface area contributed by atoms with Crippen molar-refractivity contribution in [3.05, 3.63) is 29.3 Å². The molecule has 1 atom stereocenters. The lowest BCUT2D eigenvalue weighted by Crippen LogP contribution is -2.37. The Morgan fingerprint density at radius 2 is 2.12 bits per heavy atom. The molecule has 2 aliphatic carbocycles. The minimum Gasteiger partial charge on any atom is -0.399 e. The summed E-state index contributed by atoms with van der Waals surface area (Å²) in [5.41, 5.74) is 9.78. The van der Waals surface area contributed by atoms with Crippen LogP contribution in [0, 0.1) is 0 Å². The molecule has 1 aromatic rings. The van der Waals surface area contributed by atoms with Crippen LogP contribution < -0.4 is 11.1 Å². The zero-order chi connectivity index (χ0) is 11.0. The molecule has 1 unspecified atom stereocenters. The Morgan fingerprint density at radius 1 is 1.25 bits per heavy atom. The Kier molecular flexibility index (Phi) is 2.60. The molecule has 0 heterocycles. The van der Waals surface area contributed by atoms with Crippen molar-refractivity contribution in [2.24, 2.45) is 0 Å². The SMILES string of the molecule is Nc1ccc2c(c1)C(CNC1CCC1)CC2. The van der Waals surface area contributed by atoms with Crippen molar-refractivity contribution < 1.29 is 0 Å². The summed E-state index contributed by atoms with van der Waals surface area (Å²) in [5, 5.41) is 3.68. The zero-order valence-corrected chi connectivity index (χ0v) is 9.71. The van der Waals surface area contributed by atoms with E-state index in [2.05, 4.69) is 17.4 Å². The number of rotatable bonds is 3. The first-order chi connectivity index (χ1) is 7.83. The number of benzene rings is 1. The summed E-state index contributed by atoms with van der Waals surface area (Å²) < 4.78 is 0. The highest BCUT2D eigenvalue weighted by Crippen LogP contribution is 2.34. The van der Waals surface area contributed by atoms with Crippen molar-refractivity contribution >= 4 is 5.69 Å². The van der Waals surface area contributed by atoms with Crippen molar-refractivity contribution in [1.29, 1.82) is 0 Å². The molecule has 0 saturated heterocycles. The molecule has 86 valence electrons. The fraction of sp³-hybridized carbons (Fsp3) is 0.571. The number of hydrogen-bond acceptors (Lipinski definition) is 2. The first-order valence-electron chi connectivity index (χ1n) is 6.44. The van der Waals surface area contributed by atoms with Gasteiger partial charge in [0.25, 0.3) is 0 Å². The van der Waals surface area contributed by atoms with Gasteiger partial charge in [0, 0.05) is 18.3 Å². The lowest BCUT2D eigenvalue weighted by molar-refractivity contribution is 0.331. The normalized spacial score (nSPS) is 24.1. The maximum Gasteiger partial charge on any atom is 0.0317 e. The molecule has 2 nitrogen and oxygen atoms in total. The molecule has 1 saturated carbocycles. The number of nitrogen functional groups attached to an aromatic ring is 1. The van der Waals surface area contributed by atoms with Gasteiger partial charge < -0.3 is 11.1 Å². The first kappa shape index (κ1) is 10.2. The monoisotopic (exact) mass is 216 g/mol. The van der Waals surface area contributed by atoms with Crippen molar-refractivity contribution in [3.8, 4) is 0 Å². The van der Waals surface area contributed by atoms with E-state index in [-0.39, 0.29) is 0 Å². The van der Waals surface area contributed by atoms with Crippen molar-refractivity contribution in [2.75, 3.05) is 12.3 Å². The number of fused-ring (bicyclic) bond motifs is 1. The highest BCUT2D eigenvalue weighted by atomic mass is 14.9. The standard InChI is InChI=1S/C14H20N2/c15-12-7-6-10-4-5-11(14(10)8-12)9-16-13-2-1-3-13/h6-8,11,13,16H,1-5,9,15H2. The van der Waals surface area contributed by atoms with E-state index < -0.39 is 0 Å². The maximum atomic E-state index is 5.87. The number of hydrogen-bond donors (Lipinski definition) is 2. The summed E-state index contributed by atoms with van der Waals surface area (Å²) in [4.78, 5) is 0. The molecule has 0 radical (unpaired) electrons. The Morgan fingerprint density at radius 3 is 2.88 bits per heavy atom. The largest absolute Gasteiger partial charge is 0.399 e. The third-order valence-corrected chi connectivity index (χ3v) is 4.13. The summed E-state index contributed by atoms with van der Waals surface area (Å²) >= 11 is 0. The fourth-order valence-electron chi connectivity index (χ4n) is 2.84. The first-order valence-corrected chi connectivity index (χ1v) is 6.44. The fourth-order valence-corrected chi connectivity index (χ4v) is 2.84. The predicted octanol–water partition coefficient (Wildman–Crippen LogP) is 2.44. The summed E-state index contributed by atoms with van der Waals surface area (Å²) in [6.07, 6.45) is 6.67. The molecule has 3 N–H and O–H groups in total. The molecule has 0 spiro atoms. The number of aryl methyl sites for hydroxylation is 1. The summed E-state index contributed by atoms with van der Waals surface area (Å²) in [7, 11) is 0. The van der Waals surface area contributed by atoms with Crippen molar-refractivity contribution in [1.82, 2.24) is 5.32 Å². The maximum absolute atomic E-state index is 5.87.